The SMILES string of the molecule is CC(CC(=O)NCCO)C(=O)c1cccc(F)c1. The molecule has 0 spiro atoms. The number of Topliss-reactive ketones (excluding diaryl/α,β-unsaturated/α-hetero) is 1. The summed E-state index contributed by atoms with van der Waals surface area (Å²) in [4.78, 5) is 23.3. The summed E-state index contributed by atoms with van der Waals surface area (Å²) in [6, 6.07) is 5.40. The molecule has 1 rings (SSSR count). The monoisotopic (exact) mass is 253 g/mol. The molecule has 0 aromatic heterocycles. The second-order valence-corrected chi connectivity index (χ2v) is 4.05. The molecule has 4 nitrogen and oxygen atoms in total. The van der Waals surface area contributed by atoms with Gasteiger partial charge in [-0.05, 0) is 12.1 Å². The van der Waals surface area contributed by atoms with Gasteiger partial charge in [-0.2, -0.15) is 0 Å². The van der Waals surface area contributed by atoms with Crippen LogP contribution in [0.1, 0.15) is 23.7 Å². The Labute approximate surface area is 105 Å². The minimum atomic E-state index is -0.523. The summed E-state index contributed by atoms with van der Waals surface area (Å²) in [5, 5.41) is 11.0. The van der Waals surface area contributed by atoms with Crippen molar-refractivity contribution in [2.75, 3.05) is 13.2 Å². The van der Waals surface area contributed by atoms with Gasteiger partial charge in [-0.15, -0.1) is 0 Å². The number of ketones is 1. The molecule has 0 radical (unpaired) electrons. The highest BCUT2D eigenvalue weighted by molar-refractivity contribution is 5.99. The van der Waals surface area contributed by atoms with Crippen LogP contribution in [0.25, 0.3) is 0 Å². The number of benzene rings is 1. The molecule has 98 valence electrons. The number of nitrogens with one attached hydrogen (secondary N) is 1. The van der Waals surface area contributed by atoms with Gasteiger partial charge in [0.25, 0.3) is 0 Å². The lowest BCUT2D eigenvalue weighted by molar-refractivity contribution is -0.121. The van der Waals surface area contributed by atoms with Crippen LogP contribution in [0.4, 0.5) is 4.39 Å². The van der Waals surface area contributed by atoms with Gasteiger partial charge in [0.1, 0.15) is 5.82 Å². The number of halogens is 1. The molecule has 0 aliphatic rings. The van der Waals surface area contributed by atoms with Crippen molar-refractivity contribution in [3.8, 4) is 0 Å². The van der Waals surface area contributed by atoms with Crippen LogP contribution < -0.4 is 5.32 Å². The Morgan fingerprint density at radius 2 is 2.17 bits per heavy atom. The minimum Gasteiger partial charge on any atom is -0.395 e. The van der Waals surface area contributed by atoms with Crippen LogP contribution in [0.5, 0.6) is 0 Å². The van der Waals surface area contributed by atoms with Crippen molar-refractivity contribution >= 4 is 11.7 Å². The topological polar surface area (TPSA) is 66.4 Å². The van der Waals surface area contributed by atoms with E-state index in [4.69, 9.17) is 5.11 Å². The standard InChI is InChI=1S/C13H16FNO3/c1-9(7-12(17)15-5-6-16)13(18)10-3-2-4-11(14)8-10/h2-4,8-9,16H,5-7H2,1H3,(H,15,17). The predicted octanol–water partition coefficient (Wildman–Crippen LogP) is 1.14. The molecule has 1 amide bonds. The molecule has 0 aliphatic heterocycles. The third-order valence-corrected chi connectivity index (χ3v) is 2.48. The van der Waals surface area contributed by atoms with Crippen LogP contribution in [0.15, 0.2) is 24.3 Å². The first-order chi connectivity index (χ1) is 8.54. The summed E-state index contributed by atoms with van der Waals surface area (Å²) in [5.41, 5.74) is 0.262. The maximum absolute atomic E-state index is 13.0. The lowest BCUT2D eigenvalue weighted by Crippen LogP contribution is -2.29. The highest BCUT2D eigenvalue weighted by Crippen LogP contribution is 2.13. The number of aliphatic hydroxyl groups excluding tert-OH is 1. The van der Waals surface area contributed by atoms with Crippen LogP contribution in [-0.4, -0.2) is 29.9 Å². The lowest BCUT2D eigenvalue weighted by atomic mass is 9.96. The molecule has 5 heteroatoms. The Bertz CT molecular complexity index is 434. The second kappa shape index (κ2) is 6.86. The van der Waals surface area contributed by atoms with Crippen molar-refractivity contribution in [3.63, 3.8) is 0 Å². The first-order valence-corrected chi connectivity index (χ1v) is 5.72. The van der Waals surface area contributed by atoms with Crippen molar-refractivity contribution in [2.24, 2.45) is 5.92 Å². The molecule has 0 saturated heterocycles. The van der Waals surface area contributed by atoms with Crippen molar-refractivity contribution < 1.29 is 19.1 Å². The number of carbonyl (C=O) groups excluding carboxylic acids is 2. The molecule has 0 heterocycles. The molecular weight excluding hydrogens is 237 g/mol. The zero-order valence-corrected chi connectivity index (χ0v) is 10.1. The van der Waals surface area contributed by atoms with Gasteiger partial charge in [0.2, 0.25) is 5.91 Å². The van der Waals surface area contributed by atoms with Crippen LogP contribution in [0.2, 0.25) is 0 Å². The van der Waals surface area contributed by atoms with Gasteiger partial charge in [-0.1, -0.05) is 19.1 Å². The lowest BCUT2D eigenvalue weighted by Gasteiger charge is -2.10. The Hall–Kier alpha value is -1.75. The number of aliphatic hydroxyl groups is 1. The molecule has 0 fully saturated rings. The number of hydrogen-bond acceptors (Lipinski definition) is 3. The van der Waals surface area contributed by atoms with Gasteiger partial charge in [0, 0.05) is 24.4 Å². The van der Waals surface area contributed by atoms with E-state index in [1.165, 1.54) is 18.2 Å². The van der Waals surface area contributed by atoms with E-state index in [0.717, 1.165) is 6.07 Å². The van der Waals surface area contributed by atoms with Gasteiger partial charge >= 0.3 is 0 Å². The van der Waals surface area contributed by atoms with E-state index < -0.39 is 11.7 Å². The van der Waals surface area contributed by atoms with Crippen molar-refractivity contribution in [1.82, 2.24) is 5.32 Å². The summed E-state index contributed by atoms with van der Waals surface area (Å²) < 4.78 is 13.0. The molecule has 0 aliphatic carbocycles. The average Bonchev–Trinajstić information content (AvgIpc) is 2.35. The van der Waals surface area contributed by atoms with Gasteiger partial charge in [-0.25, -0.2) is 4.39 Å². The molecule has 1 aromatic carbocycles. The smallest absolute Gasteiger partial charge is 0.220 e. The fraction of sp³-hybridized carbons (Fsp3) is 0.385. The number of amides is 1. The largest absolute Gasteiger partial charge is 0.395 e. The van der Waals surface area contributed by atoms with Gasteiger partial charge in [-0.3, -0.25) is 9.59 Å². The van der Waals surface area contributed by atoms with Crippen LogP contribution in [-0.2, 0) is 4.79 Å². The maximum Gasteiger partial charge on any atom is 0.220 e. The zero-order valence-electron chi connectivity index (χ0n) is 10.1. The Morgan fingerprint density at radius 3 is 2.78 bits per heavy atom. The third-order valence-electron chi connectivity index (χ3n) is 2.48. The van der Waals surface area contributed by atoms with E-state index in [-0.39, 0.29) is 36.8 Å². The van der Waals surface area contributed by atoms with E-state index >= 15 is 0 Å². The van der Waals surface area contributed by atoms with Gasteiger partial charge in [0.05, 0.1) is 6.61 Å². The van der Waals surface area contributed by atoms with Gasteiger partial charge in [0.15, 0.2) is 5.78 Å². The Balaban J connectivity index is 2.59. The highest BCUT2D eigenvalue weighted by Gasteiger charge is 2.18. The fourth-order valence-corrected chi connectivity index (χ4v) is 1.56. The number of rotatable bonds is 6. The molecule has 2 N–H and O–H groups in total. The molecule has 1 unspecified atom stereocenters. The Morgan fingerprint density at radius 1 is 1.44 bits per heavy atom. The fourth-order valence-electron chi connectivity index (χ4n) is 1.56. The van der Waals surface area contributed by atoms with E-state index in [1.807, 2.05) is 0 Å². The first kappa shape index (κ1) is 14.3. The molecule has 1 atom stereocenters. The van der Waals surface area contributed by atoms with Crippen LogP contribution in [0.3, 0.4) is 0 Å². The summed E-state index contributed by atoms with van der Waals surface area (Å²) in [6.45, 7) is 1.64. The van der Waals surface area contributed by atoms with E-state index in [1.54, 1.807) is 6.92 Å². The first-order valence-electron chi connectivity index (χ1n) is 5.72. The second-order valence-electron chi connectivity index (χ2n) is 4.05. The number of carbonyl (C=O) groups is 2. The van der Waals surface area contributed by atoms with E-state index in [0.29, 0.717) is 0 Å². The molecule has 0 bridgehead atoms. The van der Waals surface area contributed by atoms with Crippen molar-refractivity contribution in [1.29, 1.82) is 0 Å². The summed E-state index contributed by atoms with van der Waals surface area (Å²) in [6.07, 6.45) is 0.0232. The number of hydrogen-bond donors (Lipinski definition) is 2. The van der Waals surface area contributed by atoms with Crippen LogP contribution in [0, 0.1) is 11.7 Å². The minimum absolute atomic E-state index is 0.0232. The van der Waals surface area contributed by atoms with Crippen molar-refractivity contribution in [3.05, 3.63) is 35.6 Å². The van der Waals surface area contributed by atoms with Crippen LogP contribution >= 0.6 is 0 Å². The molecule has 1 aromatic rings. The average molecular weight is 253 g/mol. The zero-order chi connectivity index (χ0) is 13.5. The quantitative estimate of drug-likeness (QED) is 0.747. The Kier molecular flexibility index (Phi) is 5.45. The van der Waals surface area contributed by atoms with E-state index in [2.05, 4.69) is 5.32 Å². The molecule has 0 saturated carbocycles. The van der Waals surface area contributed by atoms with Gasteiger partial charge < -0.3 is 10.4 Å². The van der Waals surface area contributed by atoms with E-state index in [9.17, 15) is 14.0 Å². The normalized spacial score (nSPS) is 11.9. The summed E-state index contributed by atoms with van der Waals surface area (Å²) in [7, 11) is 0. The predicted molar refractivity (Wildman–Crippen MR) is 64.6 cm³/mol. The summed E-state index contributed by atoms with van der Waals surface area (Å²) >= 11 is 0. The summed E-state index contributed by atoms with van der Waals surface area (Å²) in [5.74, 6) is -1.57. The highest BCUT2D eigenvalue weighted by atomic mass is 19.1. The van der Waals surface area contributed by atoms with Crippen molar-refractivity contribution in [2.45, 2.75) is 13.3 Å². The molecular formula is C13H16FNO3. The third kappa shape index (κ3) is 4.25. The molecule has 18 heavy (non-hydrogen) atoms. The maximum atomic E-state index is 13.0.